The topological polar surface area (TPSA) is 74.6 Å². The summed E-state index contributed by atoms with van der Waals surface area (Å²) in [5, 5.41) is 16.4. The van der Waals surface area contributed by atoms with Crippen LogP contribution in [0.3, 0.4) is 0 Å². The molecule has 4 nitrogen and oxygen atoms in total. The average Bonchev–Trinajstić information content (AvgIpc) is 2.17. The first-order valence-electron chi connectivity index (χ1n) is 3.87. The van der Waals surface area contributed by atoms with E-state index in [1.165, 1.54) is 0 Å². The van der Waals surface area contributed by atoms with Crippen LogP contribution in [0.1, 0.15) is 0 Å². The molecule has 0 radical (unpaired) electrons. The Balaban J connectivity index is 0. The number of rotatable bonds is 2. The Hall–Kier alpha value is -0.810. The quantitative estimate of drug-likeness (QED) is 0.616. The molecule has 0 unspecified atom stereocenters. The van der Waals surface area contributed by atoms with Gasteiger partial charge in [-0.05, 0) is 12.1 Å². The SMILES string of the molecule is Clc1ccccc1.O=C(O)/C=C\C(=O)O.[NaH]. The Kier molecular flexibility index (Phi) is 11.8. The first-order chi connectivity index (χ1) is 7.02. The monoisotopic (exact) mass is 252 g/mol. The predicted octanol–water partition coefficient (Wildman–Crippen LogP) is 1.40. The van der Waals surface area contributed by atoms with Gasteiger partial charge in [-0.15, -0.1) is 0 Å². The van der Waals surface area contributed by atoms with E-state index in [0.717, 1.165) is 5.02 Å². The van der Waals surface area contributed by atoms with Crippen molar-refractivity contribution in [2.75, 3.05) is 0 Å². The van der Waals surface area contributed by atoms with Gasteiger partial charge in [0.1, 0.15) is 0 Å². The van der Waals surface area contributed by atoms with Crippen LogP contribution in [0.4, 0.5) is 0 Å². The van der Waals surface area contributed by atoms with E-state index in [9.17, 15) is 9.59 Å². The van der Waals surface area contributed by atoms with Gasteiger partial charge in [0.25, 0.3) is 0 Å². The summed E-state index contributed by atoms with van der Waals surface area (Å²) in [5.74, 6) is -2.51. The van der Waals surface area contributed by atoms with Crippen LogP contribution in [0.25, 0.3) is 0 Å². The Labute approximate surface area is 120 Å². The summed E-state index contributed by atoms with van der Waals surface area (Å²) in [4.78, 5) is 19.1. The van der Waals surface area contributed by atoms with Crippen LogP contribution in [0.15, 0.2) is 42.5 Å². The van der Waals surface area contributed by atoms with Crippen LogP contribution in [0, 0.1) is 0 Å². The fourth-order valence-corrected chi connectivity index (χ4v) is 0.703. The number of benzene rings is 1. The molecule has 82 valence electrons. The number of carboxylic acids is 2. The molecule has 0 fully saturated rings. The molecule has 0 amide bonds. The summed E-state index contributed by atoms with van der Waals surface area (Å²) in [7, 11) is 0. The van der Waals surface area contributed by atoms with Crippen LogP contribution in [-0.2, 0) is 9.59 Å². The maximum absolute atomic E-state index is 9.55. The third kappa shape index (κ3) is 13.2. The van der Waals surface area contributed by atoms with Gasteiger partial charge in [-0.2, -0.15) is 0 Å². The van der Waals surface area contributed by atoms with Gasteiger partial charge in [0, 0.05) is 17.2 Å². The van der Waals surface area contributed by atoms with E-state index in [-0.39, 0.29) is 29.6 Å². The Morgan fingerprint density at radius 2 is 1.38 bits per heavy atom. The maximum atomic E-state index is 9.55. The summed E-state index contributed by atoms with van der Waals surface area (Å²) in [6.07, 6.45) is 1.12. The second kappa shape index (κ2) is 10.7. The molecule has 0 aliphatic heterocycles. The Bertz CT molecular complexity index is 335. The van der Waals surface area contributed by atoms with Crippen molar-refractivity contribution in [1.29, 1.82) is 0 Å². The molecule has 0 saturated heterocycles. The zero-order valence-electron chi connectivity index (χ0n) is 7.63. The normalized spacial score (nSPS) is 8.56. The third-order valence-electron chi connectivity index (χ3n) is 1.10. The van der Waals surface area contributed by atoms with Gasteiger partial charge in [0.15, 0.2) is 0 Å². The van der Waals surface area contributed by atoms with Gasteiger partial charge in [0.2, 0.25) is 0 Å². The second-order valence-corrected chi connectivity index (χ2v) is 2.74. The zero-order chi connectivity index (χ0) is 11.7. The van der Waals surface area contributed by atoms with Crippen molar-refractivity contribution >= 4 is 53.1 Å². The molecular formula is C10H10ClNaO4. The molecule has 0 aromatic heterocycles. The molecule has 0 atom stereocenters. The molecule has 2 N–H and O–H groups in total. The van der Waals surface area contributed by atoms with Crippen molar-refractivity contribution in [1.82, 2.24) is 0 Å². The van der Waals surface area contributed by atoms with Crippen LogP contribution >= 0.6 is 11.6 Å². The van der Waals surface area contributed by atoms with E-state index < -0.39 is 11.9 Å². The summed E-state index contributed by atoms with van der Waals surface area (Å²) in [6, 6.07) is 9.44. The van der Waals surface area contributed by atoms with Crippen molar-refractivity contribution in [2.24, 2.45) is 0 Å². The number of halogens is 1. The van der Waals surface area contributed by atoms with Crippen LogP contribution in [0.5, 0.6) is 0 Å². The second-order valence-electron chi connectivity index (χ2n) is 2.31. The molecular weight excluding hydrogens is 243 g/mol. The molecule has 6 heteroatoms. The van der Waals surface area contributed by atoms with E-state index in [1.54, 1.807) is 0 Å². The van der Waals surface area contributed by atoms with Gasteiger partial charge in [-0.25, -0.2) is 9.59 Å². The zero-order valence-corrected chi connectivity index (χ0v) is 8.39. The van der Waals surface area contributed by atoms with Crippen molar-refractivity contribution in [2.45, 2.75) is 0 Å². The molecule has 0 spiro atoms. The Morgan fingerprint density at radius 3 is 1.56 bits per heavy atom. The molecule has 1 aromatic carbocycles. The van der Waals surface area contributed by atoms with Gasteiger partial charge in [-0.3, -0.25) is 0 Å². The summed E-state index contributed by atoms with van der Waals surface area (Å²) >= 11 is 5.54. The van der Waals surface area contributed by atoms with Crippen molar-refractivity contribution in [3.05, 3.63) is 47.5 Å². The molecule has 16 heavy (non-hydrogen) atoms. The van der Waals surface area contributed by atoms with E-state index in [1.807, 2.05) is 30.3 Å². The number of aliphatic carboxylic acids is 2. The van der Waals surface area contributed by atoms with Gasteiger partial charge < -0.3 is 10.2 Å². The third-order valence-corrected chi connectivity index (χ3v) is 1.35. The Morgan fingerprint density at radius 1 is 1.00 bits per heavy atom. The van der Waals surface area contributed by atoms with Gasteiger partial charge >= 0.3 is 41.5 Å². The number of carboxylic acid groups (broad SMARTS) is 2. The molecule has 0 aliphatic rings. The standard InChI is InChI=1S/C6H5Cl.C4H4O4.Na.H/c7-6-4-2-1-3-5-6;5-3(6)1-2-4(7)8;;/h1-5H;1-2H,(H,5,6)(H,7,8);;/b;2-1-;;. The summed E-state index contributed by atoms with van der Waals surface area (Å²) < 4.78 is 0. The van der Waals surface area contributed by atoms with Crippen molar-refractivity contribution < 1.29 is 19.8 Å². The van der Waals surface area contributed by atoms with Crippen LogP contribution in [-0.4, -0.2) is 51.7 Å². The van der Waals surface area contributed by atoms with E-state index in [0.29, 0.717) is 12.2 Å². The molecule has 0 heterocycles. The number of carbonyl (C=O) groups is 2. The first-order valence-corrected chi connectivity index (χ1v) is 4.24. The fraction of sp³-hybridized carbons (Fsp3) is 0. The van der Waals surface area contributed by atoms with E-state index in [2.05, 4.69) is 0 Å². The van der Waals surface area contributed by atoms with Crippen LogP contribution in [0.2, 0.25) is 5.02 Å². The molecule has 0 aliphatic carbocycles. The van der Waals surface area contributed by atoms with E-state index in [4.69, 9.17) is 21.8 Å². The number of hydrogen-bond donors (Lipinski definition) is 2. The van der Waals surface area contributed by atoms with Crippen molar-refractivity contribution in [3.63, 3.8) is 0 Å². The molecule has 1 aromatic rings. The summed E-state index contributed by atoms with van der Waals surface area (Å²) in [6.45, 7) is 0. The van der Waals surface area contributed by atoms with Crippen LogP contribution < -0.4 is 0 Å². The van der Waals surface area contributed by atoms with E-state index >= 15 is 0 Å². The average molecular weight is 253 g/mol. The predicted molar refractivity (Wildman–Crippen MR) is 63.0 cm³/mol. The fourth-order valence-electron chi connectivity index (χ4n) is 0.557. The van der Waals surface area contributed by atoms with Gasteiger partial charge in [-0.1, -0.05) is 29.8 Å². The molecule has 1 rings (SSSR count). The number of hydrogen-bond acceptors (Lipinski definition) is 2. The minimum absolute atomic E-state index is 0. The van der Waals surface area contributed by atoms with Crippen molar-refractivity contribution in [3.8, 4) is 0 Å². The van der Waals surface area contributed by atoms with Gasteiger partial charge in [0.05, 0.1) is 0 Å². The molecule has 0 bridgehead atoms. The molecule has 0 saturated carbocycles. The minimum atomic E-state index is -1.26. The first kappa shape index (κ1) is 17.6. The summed E-state index contributed by atoms with van der Waals surface area (Å²) in [5.41, 5.74) is 0.